The molecule has 1 aliphatic carbocycles. The second-order valence-corrected chi connectivity index (χ2v) is 4.87. The SMILES string of the molecule is CCC1COC2c3ccccc3CCC2N1. The summed E-state index contributed by atoms with van der Waals surface area (Å²) < 4.78 is 6.05. The molecule has 1 aliphatic heterocycles. The Morgan fingerprint density at radius 2 is 2.25 bits per heavy atom. The van der Waals surface area contributed by atoms with Crippen LogP contribution >= 0.6 is 0 Å². The van der Waals surface area contributed by atoms with Gasteiger partial charge in [-0.25, -0.2) is 0 Å². The van der Waals surface area contributed by atoms with Crippen molar-refractivity contribution in [2.45, 2.75) is 44.4 Å². The van der Waals surface area contributed by atoms with Crippen molar-refractivity contribution in [3.63, 3.8) is 0 Å². The zero-order valence-electron chi connectivity index (χ0n) is 9.78. The van der Waals surface area contributed by atoms with E-state index < -0.39 is 0 Å². The van der Waals surface area contributed by atoms with E-state index in [1.54, 1.807) is 0 Å². The number of morpholine rings is 1. The maximum absolute atomic E-state index is 6.05. The lowest BCUT2D eigenvalue weighted by Crippen LogP contribution is -2.51. The minimum Gasteiger partial charge on any atom is -0.370 e. The highest BCUT2D eigenvalue weighted by Gasteiger charge is 2.34. The molecule has 0 radical (unpaired) electrons. The molecule has 2 aliphatic rings. The van der Waals surface area contributed by atoms with E-state index in [1.807, 2.05) is 0 Å². The molecule has 0 bridgehead atoms. The summed E-state index contributed by atoms with van der Waals surface area (Å²) in [5.41, 5.74) is 2.88. The Labute approximate surface area is 97.0 Å². The molecule has 1 heterocycles. The molecule has 3 atom stereocenters. The number of hydrogen-bond acceptors (Lipinski definition) is 2. The summed E-state index contributed by atoms with van der Waals surface area (Å²) in [6.45, 7) is 3.07. The summed E-state index contributed by atoms with van der Waals surface area (Å²) >= 11 is 0. The lowest BCUT2D eigenvalue weighted by Gasteiger charge is -2.41. The summed E-state index contributed by atoms with van der Waals surface area (Å²) in [4.78, 5) is 0. The van der Waals surface area contributed by atoms with Gasteiger partial charge in [0.25, 0.3) is 0 Å². The summed E-state index contributed by atoms with van der Waals surface area (Å²) in [5, 5.41) is 3.72. The van der Waals surface area contributed by atoms with Crippen LogP contribution in [0.1, 0.15) is 37.0 Å². The Balaban J connectivity index is 1.86. The standard InChI is InChI=1S/C14H19NO/c1-2-11-9-16-14-12-6-4-3-5-10(12)7-8-13(14)15-11/h3-6,11,13-15H,2,7-9H2,1H3. The van der Waals surface area contributed by atoms with Crippen LogP contribution in [0.15, 0.2) is 24.3 Å². The van der Waals surface area contributed by atoms with Crippen molar-refractivity contribution in [1.82, 2.24) is 5.32 Å². The van der Waals surface area contributed by atoms with Crippen LogP contribution in [-0.4, -0.2) is 18.7 Å². The van der Waals surface area contributed by atoms with E-state index in [-0.39, 0.29) is 6.10 Å². The highest BCUT2D eigenvalue weighted by atomic mass is 16.5. The molecule has 3 rings (SSSR count). The lowest BCUT2D eigenvalue weighted by atomic mass is 9.84. The van der Waals surface area contributed by atoms with Crippen molar-refractivity contribution in [3.8, 4) is 0 Å². The van der Waals surface area contributed by atoms with Crippen LogP contribution in [-0.2, 0) is 11.2 Å². The maximum atomic E-state index is 6.05. The summed E-state index contributed by atoms with van der Waals surface area (Å²) in [7, 11) is 0. The number of nitrogens with one attached hydrogen (secondary N) is 1. The van der Waals surface area contributed by atoms with E-state index in [2.05, 4.69) is 36.5 Å². The molecule has 1 aromatic carbocycles. The van der Waals surface area contributed by atoms with Gasteiger partial charge in [0.15, 0.2) is 0 Å². The predicted octanol–water partition coefficient (Wildman–Crippen LogP) is 2.44. The molecular formula is C14H19NO. The van der Waals surface area contributed by atoms with Crippen LogP contribution < -0.4 is 5.32 Å². The minimum atomic E-state index is 0.285. The highest BCUT2D eigenvalue weighted by Crippen LogP contribution is 2.35. The fraction of sp³-hybridized carbons (Fsp3) is 0.571. The molecule has 3 unspecified atom stereocenters. The molecule has 2 heteroatoms. The van der Waals surface area contributed by atoms with Crippen LogP contribution in [0.3, 0.4) is 0 Å². The van der Waals surface area contributed by atoms with Gasteiger partial charge in [0.05, 0.1) is 12.7 Å². The molecular weight excluding hydrogens is 198 g/mol. The van der Waals surface area contributed by atoms with E-state index in [0.29, 0.717) is 12.1 Å². The number of fused-ring (bicyclic) bond motifs is 3. The van der Waals surface area contributed by atoms with E-state index >= 15 is 0 Å². The average molecular weight is 217 g/mol. The first-order valence-corrected chi connectivity index (χ1v) is 6.34. The van der Waals surface area contributed by atoms with Crippen molar-refractivity contribution in [1.29, 1.82) is 0 Å². The number of rotatable bonds is 1. The van der Waals surface area contributed by atoms with Gasteiger partial charge < -0.3 is 10.1 Å². The Kier molecular flexibility index (Phi) is 2.70. The molecule has 2 nitrogen and oxygen atoms in total. The quantitative estimate of drug-likeness (QED) is 0.780. The van der Waals surface area contributed by atoms with Crippen LogP contribution in [0.5, 0.6) is 0 Å². The van der Waals surface area contributed by atoms with Gasteiger partial charge in [-0.05, 0) is 30.4 Å². The first-order chi connectivity index (χ1) is 7.88. The third-order valence-electron chi connectivity index (χ3n) is 3.87. The maximum Gasteiger partial charge on any atom is 0.0981 e. The fourth-order valence-corrected chi connectivity index (χ4v) is 2.90. The highest BCUT2D eigenvalue weighted by molar-refractivity contribution is 5.33. The largest absolute Gasteiger partial charge is 0.370 e. The first kappa shape index (κ1) is 10.3. The molecule has 1 saturated heterocycles. The molecule has 0 aromatic heterocycles. The molecule has 0 saturated carbocycles. The number of aryl methyl sites for hydroxylation is 1. The molecule has 1 aromatic rings. The summed E-state index contributed by atoms with van der Waals surface area (Å²) in [6, 6.07) is 9.78. The topological polar surface area (TPSA) is 21.3 Å². The van der Waals surface area contributed by atoms with Crippen LogP contribution in [0.25, 0.3) is 0 Å². The van der Waals surface area contributed by atoms with Gasteiger partial charge in [0, 0.05) is 12.1 Å². The third-order valence-corrected chi connectivity index (χ3v) is 3.87. The van der Waals surface area contributed by atoms with E-state index in [1.165, 1.54) is 24.0 Å². The van der Waals surface area contributed by atoms with E-state index in [9.17, 15) is 0 Å². The second-order valence-electron chi connectivity index (χ2n) is 4.87. The second kappa shape index (κ2) is 4.19. The third kappa shape index (κ3) is 1.66. The monoisotopic (exact) mass is 217 g/mol. The fourth-order valence-electron chi connectivity index (χ4n) is 2.90. The normalized spacial score (nSPS) is 32.9. The van der Waals surface area contributed by atoms with Gasteiger partial charge in [-0.3, -0.25) is 0 Å². The van der Waals surface area contributed by atoms with Crippen molar-refractivity contribution < 1.29 is 4.74 Å². The first-order valence-electron chi connectivity index (χ1n) is 6.34. The van der Waals surface area contributed by atoms with Gasteiger partial charge in [0.2, 0.25) is 0 Å². The Bertz CT molecular complexity index is 377. The van der Waals surface area contributed by atoms with Crippen LogP contribution in [0.4, 0.5) is 0 Å². The molecule has 86 valence electrons. The van der Waals surface area contributed by atoms with Crippen molar-refractivity contribution in [3.05, 3.63) is 35.4 Å². The van der Waals surface area contributed by atoms with Crippen LogP contribution in [0, 0.1) is 0 Å². The molecule has 1 N–H and O–H groups in total. The van der Waals surface area contributed by atoms with Gasteiger partial charge >= 0.3 is 0 Å². The number of hydrogen-bond donors (Lipinski definition) is 1. The average Bonchev–Trinajstić information content (AvgIpc) is 2.38. The molecule has 1 fully saturated rings. The van der Waals surface area contributed by atoms with Gasteiger partial charge in [0.1, 0.15) is 0 Å². The number of ether oxygens (including phenoxy) is 1. The van der Waals surface area contributed by atoms with Gasteiger partial charge in [-0.15, -0.1) is 0 Å². The van der Waals surface area contributed by atoms with Crippen molar-refractivity contribution >= 4 is 0 Å². The lowest BCUT2D eigenvalue weighted by molar-refractivity contribution is -0.0367. The van der Waals surface area contributed by atoms with E-state index in [4.69, 9.17) is 4.74 Å². The van der Waals surface area contributed by atoms with Crippen LogP contribution in [0.2, 0.25) is 0 Å². The van der Waals surface area contributed by atoms with Crippen molar-refractivity contribution in [2.75, 3.05) is 6.61 Å². The van der Waals surface area contributed by atoms with E-state index in [0.717, 1.165) is 13.0 Å². The number of benzene rings is 1. The molecule has 16 heavy (non-hydrogen) atoms. The Morgan fingerprint density at radius 1 is 1.38 bits per heavy atom. The zero-order chi connectivity index (χ0) is 11.0. The Morgan fingerprint density at radius 3 is 3.12 bits per heavy atom. The molecule has 0 spiro atoms. The van der Waals surface area contributed by atoms with Crippen molar-refractivity contribution in [2.24, 2.45) is 0 Å². The van der Waals surface area contributed by atoms with Gasteiger partial charge in [-0.2, -0.15) is 0 Å². The Hall–Kier alpha value is -0.860. The summed E-state index contributed by atoms with van der Waals surface area (Å²) in [5.74, 6) is 0. The molecule has 0 amide bonds. The zero-order valence-corrected chi connectivity index (χ0v) is 9.78. The van der Waals surface area contributed by atoms with Gasteiger partial charge in [-0.1, -0.05) is 31.2 Å². The predicted molar refractivity (Wildman–Crippen MR) is 64.5 cm³/mol. The summed E-state index contributed by atoms with van der Waals surface area (Å²) in [6.07, 6.45) is 3.83. The minimum absolute atomic E-state index is 0.285. The smallest absolute Gasteiger partial charge is 0.0981 e.